The van der Waals surface area contributed by atoms with Crippen molar-refractivity contribution in [2.75, 3.05) is 18.5 Å². The van der Waals surface area contributed by atoms with Gasteiger partial charge in [0.25, 0.3) is 0 Å². The van der Waals surface area contributed by atoms with Gasteiger partial charge >= 0.3 is 0 Å². The summed E-state index contributed by atoms with van der Waals surface area (Å²) in [6.45, 7) is 0.696. The summed E-state index contributed by atoms with van der Waals surface area (Å²) in [7, 11) is 0. The number of ether oxygens (including phenoxy) is 1. The van der Waals surface area contributed by atoms with Gasteiger partial charge in [-0.3, -0.25) is 4.98 Å². The summed E-state index contributed by atoms with van der Waals surface area (Å²) in [6.07, 6.45) is 1.14. The summed E-state index contributed by atoms with van der Waals surface area (Å²) < 4.78 is 20.4. The molecular weight excluding hydrogens is 404 g/mol. The van der Waals surface area contributed by atoms with E-state index in [4.69, 9.17) is 33.7 Å². The van der Waals surface area contributed by atoms with E-state index in [0.717, 1.165) is 0 Å². The maximum absolute atomic E-state index is 14.9. The van der Waals surface area contributed by atoms with Gasteiger partial charge in [0, 0.05) is 11.8 Å². The molecule has 1 aromatic carbocycles. The largest absolute Gasteiger partial charge is 0.358 e. The molecule has 6 nitrogen and oxygen atoms in total. The molecule has 0 aliphatic rings. The number of nitrogens with one attached hydrogen (secondary N) is 1. The van der Waals surface area contributed by atoms with E-state index in [-0.39, 0.29) is 22.5 Å². The number of pyridine rings is 2. The lowest BCUT2D eigenvalue weighted by molar-refractivity contribution is 0.0897. The molecule has 2 aromatic heterocycles. The van der Waals surface area contributed by atoms with E-state index in [0.29, 0.717) is 35.2 Å². The topological polar surface area (TPSA) is 96.8 Å². The molecule has 0 amide bonds. The predicted octanol–water partition coefficient (Wildman–Crippen LogP) is 4.75. The molecule has 0 bridgehead atoms. The van der Waals surface area contributed by atoms with E-state index in [2.05, 4.69) is 15.3 Å². The summed E-state index contributed by atoms with van der Waals surface area (Å²) in [5.41, 5.74) is 7.30. The highest BCUT2D eigenvalue weighted by molar-refractivity contribution is 6.31. The van der Waals surface area contributed by atoms with Gasteiger partial charge in [0.1, 0.15) is 10.7 Å². The van der Waals surface area contributed by atoms with Crippen LogP contribution in [0.2, 0.25) is 10.2 Å². The first-order chi connectivity index (χ1) is 13.5. The van der Waals surface area contributed by atoms with E-state index in [9.17, 15) is 9.65 Å². The number of benzene rings is 1. The second-order valence-electron chi connectivity index (χ2n) is 5.83. The van der Waals surface area contributed by atoms with Crippen molar-refractivity contribution in [1.82, 2.24) is 9.97 Å². The first kappa shape index (κ1) is 20.2. The average Bonchev–Trinajstić information content (AvgIpc) is 2.70. The highest BCUT2D eigenvalue weighted by atomic mass is 35.5. The molecule has 1 atom stereocenters. The number of fused-ring (bicyclic) bond motifs is 1. The van der Waals surface area contributed by atoms with Gasteiger partial charge in [-0.1, -0.05) is 29.3 Å². The minimum absolute atomic E-state index is 0.0288. The number of nitriles is 1. The quantitative estimate of drug-likeness (QED) is 0.423. The molecule has 0 fully saturated rings. The fourth-order valence-electron chi connectivity index (χ4n) is 2.63. The summed E-state index contributed by atoms with van der Waals surface area (Å²) in [4.78, 5) is 8.47. The Morgan fingerprint density at radius 1 is 1.25 bits per heavy atom. The van der Waals surface area contributed by atoms with Gasteiger partial charge in [-0.25, -0.2) is 9.37 Å². The number of nitrogens with two attached hydrogens (primary N) is 1. The third-order valence-corrected chi connectivity index (χ3v) is 4.47. The van der Waals surface area contributed by atoms with Crippen molar-refractivity contribution in [1.29, 1.82) is 5.26 Å². The summed E-state index contributed by atoms with van der Waals surface area (Å²) in [5.74, 6) is -0.700. The van der Waals surface area contributed by atoms with Crippen molar-refractivity contribution in [3.05, 3.63) is 58.1 Å². The Balaban J connectivity index is 2.06. The van der Waals surface area contributed by atoms with Gasteiger partial charge in [0.15, 0.2) is 11.9 Å². The van der Waals surface area contributed by atoms with E-state index in [1.165, 1.54) is 6.07 Å². The van der Waals surface area contributed by atoms with E-state index in [1.807, 2.05) is 6.07 Å². The number of anilines is 2. The van der Waals surface area contributed by atoms with E-state index < -0.39 is 11.9 Å². The van der Waals surface area contributed by atoms with Crippen molar-refractivity contribution in [2.45, 2.75) is 12.5 Å². The molecule has 0 aliphatic carbocycles. The third-order valence-electron chi connectivity index (χ3n) is 3.97. The lowest BCUT2D eigenvalue weighted by atomic mass is 10.1. The number of hydrogen-bond donors (Lipinski definition) is 2. The van der Waals surface area contributed by atoms with Crippen LogP contribution in [0.25, 0.3) is 11.0 Å². The van der Waals surface area contributed by atoms with Crippen LogP contribution in [0.3, 0.4) is 0 Å². The number of rotatable bonds is 7. The fourth-order valence-corrected chi connectivity index (χ4v) is 2.93. The maximum Gasteiger partial charge on any atom is 0.171 e. The maximum atomic E-state index is 14.9. The SMILES string of the molecule is N#C[C@@H](OCCCN)c1ccc(Cl)c(F)c1Nc1ccnc2ccc(Cl)nc12. The number of nitrogens with zero attached hydrogens (tertiary/aromatic N) is 3. The van der Waals surface area contributed by atoms with Crippen LogP contribution in [0.15, 0.2) is 36.5 Å². The van der Waals surface area contributed by atoms with Gasteiger partial charge in [0.2, 0.25) is 0 Å². The van der Waals surface area contributed by atoms with Crippen molar-refractivity contribution in [3.63, 3.8) is 0 Å². The molecule has 3 aromatic rings. The van der Waals surface area contributed by atoms with Crippen LogP contribution >= 0.6 is 23.2 Å². The zero-order valence-corrected chi connectivity index (χ0v) is 16.1. The van der Waals surface area contributed by atoms with Crippen LogP contribution in [-0.2, 0) is 4.74 Å². The van der Waals surface area contributed by atoms with Gasteiger partial charge in [-0.2, -0.15) is 5.26 Å². The zero-order valence-electron chi connectivity index (χ0n) is 14.6. The normalized spacial score (nSPS) is 12.0. The summed E-state index contributed by atoms with van der Waals surface area (Å²) in [6, 6.07) is 9.92. The smallest absolute Gasteiger partial charge is 0.171 e. The monoisotopic (exact) mass is 419 g/mol. The van der Waals surface area contributed by atoms with Crippen molar-refractivity contribution >= 4 is 45.6 Å². The Kier molecular flexibility index (Phi) is 6.60. The van der Waals surface area contributed by atoms with Gasteiger partial charge in [-0.05, 0) is 37.2 Å². The van der Waals surface area contributed by atoms with Crippen LogP contribution in [-0.4, -0.2) is 23.1 Å². The molecule has 3 N–H and O–H groups in total. The van der Waals surface area contributed by atoms with Crippen LogP contribution in [0.4, 0.5) is 15.8 Å². The molecule has 2 heterocycles. The van der Waals surface area contributed by atoms with Gasteiger partial charge in [0.05, 0.1) is 34.6 Å². The minimum Gasteiger partial charge on any atom is -0.358 e. The Hall–Kier alpha value is -2.50. The average molecular weight is 420 g/mol. The second kappa shape index (κ2) is 9.13. The Morgan fingerprint density at radius 2 is 2.07 bits per heavy atom. The zero-order chi connectivity index (χ0) is 20.1. The molecule has 0 unspecified atom stereocenters. The fraction of sp³-hybridized carbons (Fsp3) is 0.211. The van der Waals surface area contributed by atoms with Crippen LogP contribution in [0, 0.1) is 17.1 Å². The highest BCUT2D eigenvalue weighted by Gasteiger charge is 2.21. The first-order valence-electron chi connectivity index (χ1n) is 8.42. The lowest BCUT2D eigenvalue weighted by Gasteiger charge is -2.18. The highest BCUT2D eigenvalue weighted by Crippen LogP contribution is 2.35. The molecule has 0 radical (unpaired) electrons. The van der Waals surface area contributed by atoms with Crippen LogP contribution in [0.1, 0.15) is 18.1 Å². The molecule has 9 heteroatoms. The Bertz CT molecular complexity index is 1040. The number of aromatic nitrogens is 2. The van der Waals surface area contributed by atoms with Crippen LogP contribution in [0.5, 0.6) is 0 Å². The van der Waals surface area contributed by atoms with E-state index in [1.54, 1.807) is 30.5 Å². The van der Waals surface area contributed by atoms with Crippen molar-refractivity contribution in [3.8, 4) is 6.07 Å². The lowest BCUT2D eigenvalue weighted by Crippen LogP contribution is -2.11. The molecule has 0 saturated heterocycles. The van der Waals surface area contributed by atoms with Gasteiger partial charge < -0.3 is 15.8 Å². The summed E-state index contributed by atoms with van der Waals surface area (Å²) >= 11 is 12.0. The summed E-state index contributed by atoms with van der Waals surface area (Å²) in [5, 5.41) is 12.7. The van der Waals surface area contributed by atoms with Gasteiger partial charge in [-0.15, -0.1) is 0 Å². The van der Waals surface area contributed by atoms with Crippen molar-refractivity contribution in [2.24, 2.45) is 5.73 Å². The van der Waals surface area contributed by atoms with E-state index >= 15 is 0 Å². The standard InChI is InChI=1S/C19H16Cl2FN5O/c20-12-3-2-11(15(10-24)28-9-1-7-23)18(17(12)22)26-14-6-8-25-13-4-5-16(21)27-19(13)14/h2-6,8,15H,1,7,9,23H2,(H,25,26)/t15-/m1/s1. The second-order valence-corrected chi connectivity index (χ2v) is 6.63. The number of halogens is 3. The molecule has 0 aliphatic heterocycles. The third kappa shape index (κ3) is 4.32. The molecule has 0 spiro atoms. The molecule has 28 heavy (non-hydrogen) atoms. The molecule has 3 rings (SSSR count). The van der Waals surface area contributed by atoms with Crippen molar-refractivity contribution < 1.29 is 9.13 Å². The minimum atomic E-state index is -0.995. The molecule has 0 saturated carbocycles. The number of hydrogen-bond acceptors (Lipinski definition) is 6. The molecular formula is C19H16Cl2FN5O. The Morgan fingerprint density at radius 3 is 2.82 bits per heavy atom. The van der Waals surface area contributed by atoms with Crippen LogP contribution < -0.4 is 11.1 Å². The molecule has 144 valence electrons. The Labute approximate surface area is 171 Å². The first-order valence-corrected chi connectivity index (χ1v) is 9.18. The predicted molar refractivity (Wildman–Crippen MR) is 107 cm³/mol.